The minimum atomic E-state index is 0.418. The largest absolute Gasteiger partial charge is 0.486 e. The number of benzene rings is 1. The van der Waals surface area contributed by atoms with Crippen LogP contribution in [0.3, 0.4) is 0 Å². The highest BCUT2D eigenvalue weighted by atomic mass is 79.9. The highest BCUT2D eigenvalue weighted by molar-refractivity contribution is 9.10. The highest BCUT2D eigenvalue weighted by Gasteiger charge is 2.03. The summed E-state index contributed by atoms with van der Waals surface area (Å²) in [4.78, 5) is 4.07. The molecule has 0 aliphatic carbocycles. The predicted octanol–water partition coefficient (Wildman–Crippen LogP) is 4.73. The fraction of sp³-hybridized carbons (Fsp3) is 0.0833. The van der Waals surface area contributed by atoms with Crippen molar-refractivity contribution in [3.05, 3.63) is 56.7 Å². The molecule has 0 saturated heterocycles. The third kappa shape index (κ3) is 3.35. The van der Waals surface area contributed by atoms with Gasteiger partial charge in [0.05, 0.1) is 10.0 Å². The van der Waals surface area contributed by atoms with Crippen molar-refractivity contribution < 1.29 is 4.74 Å². The van der Waals surface area contributed by atoms with Gasteiger partial charge in [-0.1, -0.05) is 29.3 Å². The third-order valence-corrected chi connectivity index (χ3v) is 3.44. The van der Waals surface area contributed by atoms with Crippen LogP contribution in [0.4, 0.5) is 0 Å². The molecule has 2 aromatic rings. The summed E-state index contributed by atoms with van der Waals surface area (Å²) < 4.78 is 6.29. The number of aromatic nitrogens is 1. The van der Waals surface area contributed by atoms with Gasteiger partial charge in [-0.25, -0.2) is 4.98 Å². The number of ether oxygens (including phenoxy) is 1. The molecule has 0 radical (unpaired) electrons. The van der Waals surface area contributed by atoms with E-state index in [0.717, 1.165) is 5.56 Å². The Bertz CT molecular complexity index is 534. The standard InChI is InChI=1S/C12H8BrCl2NO/c13-12-11(2-1-5-16-12)17-7-8-3-4-9(14)10(15)6-8/h1-6H,7H2. The summed E-state index contributed by atoms with van der Waals surface area (Å²) in [5, 5.41) is 1.07. The van der Waals surface area contributed by atoms with Crippen LogP contribution >= 0.6 is 39.1 Å². The summed E-state index contributed by atoms with van der Waals surface area (Å²) in [6, 6.07) is 9.07. The van der Waals surface area contributed by atoms with Crippen molar-refractivity contribution in [2.45, 2.75) is 6.61 Å². The average Bonchev–Trinajstić information content (AvgIpc) is 2.32. The molecule has 1 heterocycles. The van der Waals surface area contributed by atoms with E-state index in [0.29, 0.717) is 27.0 Å². The topological polar surface area (TPSA) is 22.1 Å². The lowest BCUT2D eigenvalue weighted by atomic mass is 10.2. The summed E-state index contributed by atoms with van der Waals surface area (Å²) in [5.41, 5.74) is 0.954. The molecule has 2 nitrogen and oxygen atoms in total. The van der Waals surface area contributed by atoms with E-state index in [4.69, 9.17) is 27.9 Å². The number of nitrogens with zero attached hydrogens (tertiary/aromatic N) is 1. The molecular formula is C12H8BrCl2NO. The Hall–Kier alpha value is -0.770. The van der Waals surface area contributed by atoms with Crippen LogP contribution in [0.15, 0.2) is 41.1 Å². The van der Waals surface area contributed by atoms with Crippen molar-refractivity contribution in [1.29, 1.82) is 0 Å². The zero-order valence-electron chi connectivity index (χ0n) is 8.66. The quantitative estimate of drug-likeness (QED) is 0.758. The molecule has 1 aromatic carbocycles. The van der Waals surface area contributed by atoms with Crippen molar-refractivity contribution in [1.82, 2.24) is 4.98 Å². The SMILES string of the molecule is Clc1ccc(COc2cccnc2Br)cc1Cl. The van der Waals surface area contributed by atoms with Gasteiger partial charge in [0.25, 0.3) is 0 Å². The maximum Gasteiger partial charge on any atom is 0.152 e. The smallest absolute Gasteiger partial charge is 0.152 e. The Kier molecular flexibility index (Phi) is 4.26. The van der Waals surface area contributed by atoms with Crippen LogP contribution in [0.1, 0.15) is 5.56 Å². The van der Waals surface area contributed by atoms with Gasteiger partial charge in [0.1, 0.15) is 11.2 Å². The van der Waals surface area contributed by atoms with Crippen molar-refractivity contribution in [2.24, 2.45) is 0 Å². The van der Waals surface area contributed by atoms with Gasteiger partial charge in [0.2, 0.25) is 0 Å². The van der Waals surface area contributed by atoms with Crippen LogP contribution in [-0.2, 0) is 6.61 Å². The molecule has 0 fully saturated rings. The van der Waals surface area contributed by atoms with E-state index < -0.39 is 0 Å². The van der Waals surface area contributed by atoms with Crippen LogP contribution in [0, 0.1) is 0 Å². The zero-order valence-corrected chi connectivity index (χ0v) is 11.8. The van der Waals surface area contributed by atoms with Crippen LogP contribution in [0.5, 0.6) is 5.75 Å². The van der Waals surface area contributed by atoms with Gasteiger partial charge < -0.3 is 4.74 Å². The number of pyridine rings is 1. The second kappa shape index (κ2) is 5.71. The predicted molar refractivity (Wildman–Crippen MR) is 72.7 cm³/mol. The molecule has 0 amide bonds. The molecule has 2 rings (SSSR count). The zero-order chi connectivity index (χ0) is 12.3. The van der Waals surface area contributed by atoms with Crippen molar-refractivity contribution in [2.75, 3.05) is 0 Å². The van der Waals surface area contributed by atoms with Gasteiger partial charge in [-0.3, -0.25) is 0 Å². The maximum atomic E-state index is 5.92. The molecule has 0 aliphatic rings. The summed E-state index contributed by atoms with van der Waals surface area (Å²) in [5.74, 6) is 0.693. The molecule has 0 atom stereocenters. The lowest BCUT2D eigenvalue weighted by Gasteiger charge is -2.07. The first kappa shape index (κ1) is 12.7. The monoisotopic (exact) mass is 331 g/mol. The van der Waals surface area contributed by atoms with E-state index in [2.05, 4.69) is 20.9 Å². The fourth-order valence-electron chi connectivity index (χ4n) is 1.27. The van der Waals surface area contributed by atoms with E-state index in [1.807, 2.05) is 18.2 Å². The Morgan fingerprint density at radius 3 is 2.71 bits per heavy atom. The lowest BCUT2D eigenvalue weighted by molar-refractivity contribution is 0.302. The van der Waals surface area contributed by atoms with Crippen molar-refractivity contribution in [3.8, 4) is 5.75 Å². The second-order valence-electron chi connectivity index (χ2n) is 3.33. The second-order valence-corrected chi connectivity index (χ2v) is 4.90. The molecule has 88 valence electrons. The van der Waals surface area contributed by atoms with E-state index in [1.54, 1.807) is 18.3 Å². The van der Waals surface area contributed by atoms with Crippen LogP contribution < -0.4 is 4.74 Å². The van der Waals surface area contributed by atoms with Gasteiger partial charge in [-0.15, -0.1) is 0 Å². The summed E-state index contributed by atoms with van der Waals surface area (Å²) >= 11 is 15.1. The number of halogens is 3. The summed E-state index contributed by atoms with van der Waals surface area (Å²) in [6.07, 6.45) is 1.69. The van der Waals surface area contributed by atoms with E-state index in [9.17, 15) is 0 Å². The Morgan fingerprint density at radius 1 is 1.18 bits per heavy atom. The van der Waals surface area contributed by atoms with Crippen molar-refractivity contribution >= 4 is 39.1 Å². The van der Waals surface area contributed by atoms with E-state index in [-0.39, 0.29) is 0 Å². The average molecular weight is 333 g/mol. The molecule has 0 bridgehead atoms. The van der Waals surface area contributed by atoms with Gasteiger partial charge in [0, 0.05) is 6.20 Å². The van der Waals surface area contributed by atoms with Gasteiger partial charge in [-0.05, 0) is 45.8 Å². The lowest BCUT2D eigenvalue weighted by Crippen LogP contribution is -1.96. The number of hydrogen-bond donors (Lipinski definition) is 0. The molecule has 0 aliphatic heterocycles. The van der Waals surface area contributed by atoms with Crippen molar-refractivity contribution in [3.63, 3.8) is 0 Å². The van der Waals surface area contributed by atoms with E-state index in [1.165, 1.54) is 0 Å². The molecule has 1 aromatic heterocycles. The van der Waals surface area contributed by atoms with Gasteiger partial charge in [0.15, 0.2) is 5.75 Å². The molecule has 0 spiro atoms. The Balaban J connectivity index is 2.08. The first-order valence-corrected chi connectivity index (χ1v) is 6.39. The van der Waals surface area contributed by atoms with Crippen LogP contribution in [-0.4, -0.2) is 4.98 Å². The van der Waals surface area contributed by atoms with Gasteiger partial charge >= 0.3 is 0 Å². The molecule has 0 unspecified atom stereocenters. The number of hydrogen-bond acceptors (Lipinski definition) is 2. The Morgan fingerprint density at radius 2 is 2.00 bits per heavy atom. The van der Waals surface area contributed by atoms with Crippen LogP contribution in [0.25, 0.3) is 0 Å². The highest BCUT2D eigenvalue weighted by Crippen LogP contribution is 2.25. The minimum Gasteiger partial charge on any atom is -0.486 e. The van der Waals surface area contributed by atoms with Gasteiger partial charge in [-0.2, -0.15) is 0 Å². The molecular weight excluding hydrogens is 325 g/mol. The number of rotatable bonds is 3. The molecule has 5 heteroatoms. The molecule has 0 saturated carbocycles. The minimum absolute atomic E-state index is 0.418. The van der Waals surface area contributed by atoms with E-state index >= 15 is 0 Å². The first-order chi connectivity index (χ1) is 8.16. The molecule has 17 heavy (non-hydrogen) atoms. The fourth-order valence-corrected chi connectivity index (χ4v) is 1.95. The normalized spacial score (nSPS) is 10.3. The molecule has 0 N–H and O–H groups in total. The maximum absolute atomic E-state index is 5.92. The third-order valence-electron chi connectivity index (χ3n) is 2.10. The summed E-state index contributed by atoms with van der Waals surface area (Å²) in [7, 11) is 0. The summed E-state index contributed by atoms with van der Waals surface area (Å²) in [6.45, 7) is 0.418. The Labute approximate surface area is 118 Å². The van der Waals surface area contributed by atoms with Crippen LogP contribution in [0.2, 0.25) is 10.0 Å². The first-order valence-electron chi connectivity index (χ1n) is 4.84.